The van der Waals surface area contributed by atoms with Crippen LogP contribution in [-0.2, 0) is 0 Å². The normalized spacial score (nSPS) is 12.7. The molecule has 1 aromatic heterocycles. The van der Waals surface area contributed by atoms with Gasteiger partial charge in [0, 0.05) is 5.56 Å². The lowest BCUT2D eigenvalue weighted by Crippen LogP contribution is -2.18. The lowest BCUT2D eigenvalue weighted by molar-refractivity contribution is 0.559. The summed E-state index contributed by atoms with van der Waals surface area (Å²) in [6.45, 7) is 0. The average Bonchev–Trinajstić information content (AvgIpc) is 2.80. The first-order valence-corrected chi connectivity index (χ1v) is 6.29. The molecule has 0 spiro atoms. The minimum Gasteiger partial charge on any atom is -0.309 e. The average molecular weight is 274 g/mol. The van der Waals surface area contributed by atoms with E-state index in [9.17, 15) is 8.78 Å². The number of nitrogens with one attached hydrogen (secondary N) is 1. The molecule has 0 aliphatic rings. The number of hydrogen-bond acceptors (Lipinski definition) is 2. The van der Waals surface area contributed by atoms with Gasteiger partial charge in [-0.2, -0.15) is 11.3 Å². The zero-order valence-electron chi connectivity index (χ0n) is 9.01. The Balaban J connectivity index is 2.48. The number of thiophene rings is 1. The van der Waals surface area contributed by atoms with Crippen LogP contribution in [-0.4, -0.2) is 7.05 Å². The molecule has 1 unspecified atom stereocenters. The van der Waals surface area contributed by atoms with Crippen molar-refractivity contribution in [1.82, 2.24) is 5.32 Å². The number of benzene rings is 1. The maximum absolute atomic E-state index is 13.8. The first-order chi connectivity index (χ1) is 8.13. The Hall–Kier alpha value is -0.970. The maximum atomic E-state index is 13.8. The van der Waals surface area contributed by atoms with Gasteiger partial charge in [0.1, 0.15) is 11.6 Å². The Morgan fingerprint density at radius 1 is 1.29 bits per heavy atom. The van der Waals surface area contributed by atoms with E-state index in [1.807, 2.05) is 16.8 Å². The van der Waals surface area contributed by atoms with Crippen molar-refractivity contribution in [3.63, 3.8) is 0 Å². The Bertz CT molecular complexity index is 513. The van der Waals surface area contributed by atoms with Gasteiger partial charge < -0.3 is 5.32 Å². The van der Waals surface area contributed by atoms with Gasteiger partial charge in [0.05, 0.1) is 11.1 Å². The van der Waals surface area contributed by atoms with Crippen LogP contribution in [0, 0.1) is 11.6 Å². The second kappa shape index (κ2) is 5.12. The Morgan fingerprint density at radius 3 is 2.65 bits per heavy atom. The first kappa shape index (κ1) is 12.5. The molecule has 0 aliphatic carbocycles. The summed E-state index contributed by atoms with van der Waals surface area (Å²) in [5, 5.41) is 6.55. The highest BCUT2D eigenvalue weighted by molar-refractivity contribution is 7.08. The minimum atomic E-state index is -0.612. The van der Waals surface area contributed by atoms with Gasteiger partial charge in [-0.3, -0.25) is 0 Å². The molecule has 0 aliphatic heterocycles. The standard InChI is InChI=1S/C12H10ClF2NS/c1-16-12(7-2-3-17-6-7)8-4-11(15)9(13)5-10(8)14/h2-6,12,16H,1H3. The summed E-state index contributed by atoms with van der Waals surface area (Å²) < 4.78 is 27.1. The minimum absolute atomic E-state index is 0.202. The van der Waals surface area contributed by atoms with Gasteiger partial charge in [0.25, 0.3) is 0 Å². The van der Waals surface area contributed by atoms with Crippen LogP contribution >= 0.6 is 22.9 Å². The van der Waals surface area contributed by atoms with E-state index in [4.69, 9.17) is 11.6 Å². The predicted molar refractivity (Wildman–Crippen MR) is 66.6 cm³/mol. The monoisotopic (exact) mass is 273 g/mol. The van der Waals surface area contributed by atoms with Crippen molar-refractivity contribution in [2.45, 2.75) is 6.04 Å². The van der Waals surface area contributed by atoms with Gasteiger partial charge in [-0.05, 0) is 41.6 Å². The second-order valence-electron chi connectivity index (χ2n) is 3.57. The van der Waals surface area contributed by atoms with Crippen LogP contribution in [0.5, 0.6) is 0 Å². The summed E-state index contributed by atoms with van der Waals surface area (Å²) in [4.78, 5) is 0. The molecule has 1 heterocycles. The fourth-order valence-corrected chi connectivity index (χ4v) is 2.54. The predicted octanol–water partition coefficient (Wildman–Crippen LogP) is 3.99. The van der Waals surface area contributed by atoms with E-state index in [-0.39, 0.29) is 16.6 Å². The zero-order valence-corrected chi connectivity index (χ0v) is 10.6. The van der Waals surface area contributed by atoms with E-state index in [0.29, 0.717) is 0 Å². The van der Waals surface area contributed by atoms with E-state index in [1.54, 1.807) is 7.05 Å². The van der Waals surface area contributed by atoms with Crippen LogP contribution in [0.25, 0.3) is 0 Å². The molecule has 0 saturated heterocycles. The van der Waals surface area contributed by atoms with Crippen molar-refractivity contribution in [2.24, 2.45) is 0 Å². The molecule has 5 heteroatoms. The third-order valence-electron chi connectivity index (χ3n) is 2.52. The highest BCUT2D eigenvalue weighted by Gasteiger charge is 2.18. The van der Waals surface area contributed by atoms with Crippen molar-refractivity contribution >= 4 is 22.9 Å². The molecule has 2 aromatic rings. The third-order valence-corrected chi connectivity index (χ3v) is 3.51. The van der Waals surface area contributed by atoms with Gasteiger partial charge in [-0.1, -0.05) is 11.6 Å². The molecule has 0 bridgehead atoms. The highest BCUT2D eigenvalue weighted by Crippen LogP contribution is 2.29. The molecule has 1 nitrogen and oxygen atoms in total. The summed E-state index contributed by atoms with van der Waals surface area (Å²) in [6, 6.07) is 3.64. The van der Waals surface area contributed by atoms with Crippen molar-refractivity contribution in [1.29, 1.82) is 0 Å². The van der Waals surface area contributed by atoms with Crippen LogP contribution < -0.4 is 5.32 Å². The molecule has 0 saturated carbocycles. The summed E-state index contributed by atoms with van der Waals surface area (Å²) >= 11 is 7.03. The molecule has 0 radical (unpaired) electrons. The van der Waals surface area contributed by atoms with Gasteiger partial charge >= 0.3 is 0 Å². The smallest absolute Gasteiger partial charge is 0.142 e. The fourth-order valence-electron chi connectivity index (χ4n) is 1.70. The maximum Gasteiger partial charge on any atom is 0.142 e. The summed E-state index contributed by atoms with van der Waals surface area (Å²) in [5.41, 5.74) is 1.16. The van der Waals surface area contributed by atoms with Crippen LogP contribution in [0.15, 0.2) is 29.0 Å². The SMILES string of the molecule is CNC(c1ccsc1)c1cc(F)c(Cl)cc1F. The third kappa shape index (κ3) is 2.49. The van der Waals surface area contributed by atoms with Crippen LogP contribution in [0.3, 0.4) is 0 Å². The lowest BCUT2D eigenvalue weighted by atomic mass is 10.0. The highest BCUT2D eigenvalue weighted by atomic mass is 35.5. The van der Waals surface area contributed by atoms with Gasteiger partial charge in [0.15, 0.2) is 0 Å². The molecule has 1 N–H and O–H groups in total. The Labute approximate surface area is 107 Å². The van der Waals surface area contributed by atoms with Crippen LogP contribution in [0.2, 0.25) is 5.02 Å². The van der Waals surface area contributed by atoms with Crippen molar-refractivity contribution in [3.8, 4) is 0 Å². The van der Waals surface area contributed by atoms with Gasteiger partial charge in [0.2, 0.25) is 0 Å². The van der Waals surface area contributed by atoms with E-state index >= 15 is 0 Å². The van der Waals surface area contributed by atoms with Crippen LogP contribution in [0.1, 0.15) is 17.2 Å². The largest absolute Gasteiger partial charge is 0.309 e. The summed E-state index contributed by atoms with van der Waals surface area (Å²) in [5.74, 6) is -1.12. The Kier molecular flexibility index (Phi) is 3.76. The molecule has 90 valence electrons. The van der Waals surface area contributed by atoms with E-state index < -0.39 is 11.6 Å². The molecule has 1 aromatic carbocycles. The van der Waals surface area contributed by atoms with E-state index in [2.05, 4.69) is 5.32 Å². The first-order valence-electron chi connectivity index (χ1n) is 4.97. The number of rotatable bonds is 3. The molecule has 17 heavy (non-hydrogen) atoms. The topological polar surface area (TPSA) is 12.0 Å². The number of hydrogen-bond donors (Lipinski definition) is 1. The summed E-state index contributed by atoms with van der Waals surface area (Å²) in [6.07, 6.45) is 0. The van der Waals surface area contributed by atoms with Gasteiger partial charge in [-0.15, -0.1) is 0 Å². The molecule has 1 atom stereocenters. The number of halogens is 3. The molecular weight excluding hydrogens is 264 g/mol. The molecule has 2 rings (SSSR count). The lowest BCUT2D eigenvalue weighted by Gasteiger charge is -2.16. The molecule has 0 amide bonds. The van der Waals surface area contributed by atoms with Gasteiger partial charge in [-0.25, -0.2) is 8.78 Å². The quantitative estimate of drug-likeness (QED) is 0.834. The van der Waals surface area contributed by atoms with Crippen molar-refractivity contribution in [3.05, 3.63) is 56.7 Å². The Morgan fingerprint density at radius 2 is 2.06 bits per heavy atom. The van der Waals surface area contributed by atoms with E-state index in [1.165, 1.54) is 11.3 Å². The second-order valence-corrected chi connectivity index (χ2v) is 4.75. The van der Waals surface area contributed by atoms with Crippen LogP contribution in [0.4, 0.5) is 8.78 Å². The zero-order chi connectivity index (χ0) is 12.4. The molecular formula is C12H10ClF2NS. The molecule has 0 fully saturated rings. The van der Waals surface area contributed by atoms with E-state index in [0.717, 1.165) is 17.7 Å². The fraction of sp³-hybridized carbons (Fsp3) is 0.167. The van der Waals surface area contributed by atoms with Crippen molar-refractivity contribution < 1.29 is 8.78 Å². The summed E-state index contributed by atoms with van der Waals surface area (Å²) in [7, 11) is 1.70. The van der Waals surface area contributed by atoms with Crippen molar-refractivity contribution in [2.75, 3.05) is 7.05 Å².